The van der Waals surface area contributed by atoms with Gasteiger partial charge in [0, 0.05) is 32.2 Å². The Morgan fingerprint density at radius 3 is 2.49 bits per heavy atom. The van der Waals surface area contributed by atoms with E-state index in [1.807, 2.05) is 12.1 Å². The zero-order valence-electron chi connectivity index (χ0n) is 20.5. The average molecular weight is 542 g/mol. The molecule has 0 spiro atoms. The lowest BCUT2D eigenvalue weighted by atomic mass is 10.1. The molecule has 0 bridgehead atoms. The maximum atomic E-state index is 13.0. The monoisotopic (exact) mass is 541 g/mol. The first-order chi connectivity index (χ1) is 17.4. The summed E-state index contributed by atoms with van der Waals surface area (Å²) >= 11 is 5.59. The molecule has 1 atom stereocenters. The number of hydrogen-bond donors (Lipinski definition) is 1. The van der Waals surface area contributed by atoms with E-state index in [9.17, 15) is 27.6 Å². The van der Waals surface area contributed by atoms with Crippen LogP contribution in [0.25, 0.3) is 0 Å². The van der Waals surface area contributed by atoms with Crippen molar-refractivity contribution in [2.45, 2.75) is 19.0 Å². The Morgan fingerprint density at radius 1 is 1.14 bits per heavy atom. The van der Waals surface area contributed by atoms with Crippen LogP contribution in [-0.2, 0) is 27.0 Å². The second kappa shape index (κ2) is 11.7. The number of ether oxygens (including phenoxy) is 2. The Morgan fingerprint density at radius 2 is 1.84 bits per heavy atom. The van der Waals surface area contributed by atoms with Crippen LogP contribution in [0.15, 0.2) is 36.4 Å². The fourth-order valence-electron chi connectivity index (χ4n) is 4.08. The van der Waals surface area contributed by atoms with Crippen LogP contribution >= 0.6 is 11.6 Å². The third kappa shape index (κ3) is 7.06. The number of benzene rings is 2. The smallest absolute Gasteiger partial charge is 0.417 e. The maximum Gasteiger partial charge on any atom is 0.417 e. The standard InChI is InChI=1S/C25H27ClF3N3O5/c1-31(14-22(33)30-17-5-6-19(26)18(12-17)25(27,28)29)24(35)16-11-23(34)32(13-16)9-8-15-4-7-20(36-2)21(10-15)37-3/h4-7,10,12,16H,8-9,11,13-14H2,1-3H3,(H,30,33)/t16-/m0/s1. The number of carbonyl (C=O) groups excluding carboxylic acids is 3. The van der Waals surface area contributed by atoms with Crippen LogP contribution in [0.4, 0.5) is 18.9 Å². The molecule has 0 aliphatic carbocycles. The number of methoxy groups -OCH3 is 2. The van der Waals surface area contributed by atoms with Gasteiger partial charge in [0.1, 0.15) is 0 Å². The fourth-order valence-corrected chi connectivity index (χ4v) is 4.30. The minimum atomic E-state index is -4.68. The summed E-state index contributed by atoms with van der Waals surface area (Å²) in [5.41, 5.74) is -0.237. The summed E-state index contributed by atoms with van der Waals surface area (Å²) < 4.78 is 49.6. The lowest BCUT2D eigenvalue weighted by molar-refractivity contribution is -0.137. The molecule has 0 radical (unpaired) electrons. The van der Waals surface area contributed by atoms with Crippen LogP contribution in [-0.4, -0.2) is 68.4 Å². The van der Waals surface area contributed by atoms with Crippen molar-refractivity contribution < 1.29 is 37.0 Å². The number of carbonyl (C=O) groups is 3. The van der Waals surface area contributed by atoms with Crippen molar-refractivity contribution in [2.75, 3.05) is 46.2 Å². The predicted molar refractivity (Wildman–Crippen MR) is 131 cm³/mol. The molecule has 37 heavy (non-hydrogen) atoms. The van der Waals surface area contributed by atoms with Crippen molar-refractivity contribution in [3.8, 4) is 11.5 Å². The van der Waals surface area contributed by atoms with E-state index >= 15 is 0 Å². The molecule has 200 valence electrons. The van der Waals surface area contributed by atoms with Gasteiger partial charge in [-0.2, -0.15) is 13.2 Å². The summed E-state index contributed by atoms with van der Waals surface area (Å²) in [5.74, 6) is -0.697. The summed E-state index contributed by atoms with van der Waals surface area (Å²) in [6.07, 6.45) is -4.11. The van der Waals surface area contributed by atoms with E-state index in [-0.39, 0.29) is 31.1 Å². The maximum absolute atomic E-state index is 13.0. The Kier molecular flexibility index (Phi) is 8.90. The first-order valence-corrected chi connectivity index (χ1v) is 11.7. The van der Waals surface area contributed by atoms with Crippen molar-refractivity contribution in [1.29, 1.82) is 0 Å². The van der Waals surface area contributed by atoms with E-state index in [0.717, 1.165) is 22.6 Å². The zero-order chi connectivity index (χ0) is 27.3. The molecular weight excluding hydrogens is 515 g/mol. The number of halogens is 4. The van der Waals surface area contributed by atoms with Gasteiger partial charge in [-0.15, -0.1) is 0 Å². The molecule has 2 aromatic carbocycles. The van der Waals surface area contributed by atoms with Gasteiger partial charge in [-0.1, -0.05) is 17.7 Å². The van der Waals surface area contributed by atoms with E-state index in [2.05, 4.69) is 5.32 Å². The van der Waals surface area contributed by atoms with E-state index in [1.165, 1.54) is 20.2 Å². The SMILES string of the molecule is COc1ccc(CCN2C[C@@H](C(=O)N(C)CC(=O)Nc3ccc(Cl)c(C(F)(F)F)c3)CC2=O)cc1OC. The van der Waals surface area contributed by atoms with E-state index in [1.54, 1.807) is 18.1 Å². The summed E-state index contributed by atoms with van der Waals surface area (Å²) in [6.45, 7) is 0.225. The summed E-state index contributed by atoms with van der Waals surface area (Å²) in [7, 11) is 4.48. The number of rotatable bonds is 9. The third-order valence-corrected chi connectivity index (χ3v) is 6.32. The average Bonchev–Trinajstić information content (AvgIpc) is 3.22. The van der Waals surface area contributed by atoms with Crippen LogP contribution in [0.3, 0.4) is 0 Å². The van der Waals surface area contributed by atoms with Crippen LogP contribution in [0, 0.1) is 5.92 Å². The first-order valence-electron chi connectivity index (χ1n) is 11.3. The van der Waals surface area contributed by atoms with Gasteiger partial charge in [0.05, 0.1) is 37.3 Å². The molecule has 12 heteroatoms. The zero-order valence-corrected chi connectivity index (χ0v) is 21.3. The van der Waals surface area contributed by atoms with Gasteiger partial charge in [0.2, 0.25) is 17.7 Å². The largest absolute Gasteiger partial charge is 0.493 e. The number of hydrogen-bond acceptors (Lipinski definition) is 5. The molecule has 3 rings (SSSR count). The Labute approximate surface area is 217 Å². The van der Waals surface area contributed by atoms with Gasteiger partial charge >= 0.3 is 6.18 Å². The molecule has 2 aromatic rings. The number of alkyl halides is 3. The van der Waals surface area contributed by atoms with Crippen LogP contribution in [0.2, 0.25) is 5.02 Å². The highest BCUT2D eigenvalue weighted by Crippen LogP contribution is 2.36. The van der Waals surface area contributed by atoms with Gasteiger partial charge in [0.15, 0.2) is 11.5 Å². The number of anilines is 1. The molecule has 1 aliphatic rings. The van der Waals surface area contributed by atoms with Crippen LogP contribution in [0.1, 0.15) is 17.5 Å². The molecule has 1 aliphatic heterocycles. The molecule has 1 fully saturated rings. The number of nitrogens with zero attached hydrogens (tertiary/aromatic N) is 2. The number of likely N-dealkylation sites (N-methyl/N-ethyl adjacent to an activating group) is 1. The molecular formula is C25H27ClF3N3O5. The first kappa shape index (κ1) is 28.1. The van der Waals surface area contributed by atoms with Gasteiger partial charge in [-0.25, -0.2) is 0 Å². The number of likely N-dealkylation sites (tertiary alicyclic amines) is 1. The molecule has 1 heterocycles. The minimum Gasteiger partial charge on any atom is -0.493 e. The van der Waals surface area contributed by atoms with Crippen molar-refractivity contribution in [1.82, 2.24) is 9.80 Å². The molecule has 3 amide bonds. The number of nitrogens with one attached hydrogen (secondary N) is 1. The molecule has 1 N–H and O–H groups in total. The second-order valence-electron chi connectivity index (χ2n) is 8.61. The van der Waals surface area contributed by atoms with E-state index in [4.69, 9.17) is 21.1 Å². The highest BCUT2D eigenvalue weighted by Gasteiger charge is 2.36. The summed E-state index contributed by atoms with van der Waals surface area (Å²) in [5, 5.41) is 1.86. The second-order valence-corrected chi connectivity index (χ2v) is 9.02. The fraction of sp³-hybridized carbons (Fsp3) is 0.400. The normalized spacial score (nSPS) is 15.5. The summed E-state index contributed by atoms with van der Waals surface area (Å²) in [4.78, 5) is 40.5. The van der Waals surface area contributed by atoms with Crippen molar-refractivity contribution in [2.24, 2.45) is 5.92 Å². The minimum absolute atomic E-state index is 0.0167. The quantitative estimate of drug-likeness (QED) is 0.521. The van der Waals surface area contributed by atoms with Gasteiger partial charge in [-0.3, -0.25) is 14.4 Å². The van der Waals surface area contributed by atoms with E-state index < -0.39 is 34.5 Å². The van der Waals surface area contributed by atoms with Crippen LogP contribution < -0.4 is 14.8 Å². The van der Waals surface area contributed by atoms with Crippen molar-refractivity contribution >= 4 is 35.0 Å². The lowest BCUT2D eigenvalue weighted by Gasteiger charge is -2.21. The molecule has 0 aromatic heterocycles. The van der Waals surface area contributed by atoms with E-state index in [0.29, 0.717) is 24.5 Å². The molecule has 8 nitrogen and oxygen atoms in total. The molecule has 0 saturated carbocycles. The third-order valence-electron chi connectivity index (χ3n) is 5.99. The predicted octanol–water partition coefficient (Wildman–Crippen LogP) is 3.86. The van der Waals surface area contributed by atoms with Gasteiger partial charge in [0.25, 0.3) is 0 Å². The number of amides is 3. The Balaban J connectivity index is 1.53. The van der Waals surface area contributed by atoms with Crippen LogP contribution in [0.5, 0.6) is 11.5 Å². The highest BCUT2D eigenvalue weighted by molar-refractivity contribution is 6.31. The van der Waals surface area contributed by atoms with Crippen molar-refractivity contribution in [3.63, 3.8) is 0 Å². The van der Waals surface area contributed by atoms with Gasteiger partial charge < -0.3 is 24.6 Å². The molecule has 1 saturated heterocycles. The van der Waals surface area contributed by atoms with Crippen molar-refractivity contribution in [3.05, 3.63) is 52.5 Å². The van der Waals surface area contributed by atoms with Gasteiger partial charge in [-0.05, 0) is 42.3 Å². The highest BCUT2D eigenvalue weighted by atomic mass is 35.5. The topological polar surface area (TPSA) is 88.2 Å². The Bertz CT molecular complexity index is 1170. The summed E-state index contributed by atoms with van der Waals surface area (Å²) in [6, 6.07) is 8.48. The molecule has 0 unspecified atom stereocenters. The Hall–Kier alpha value is -3.47. The lowest BCUT2D eigenvalue weighted by Crippen LogP contribution is -2.39.